The Hall–Kier alpha value is -0.0500. The minimum atomic E-state index is 0.189. The third-order valence-electron chi connectivity index (χ3n) is 3.03. The van der Waals surface area contributed by atoms with Gasteiger partial charge >= 0.3 is 0 Å². The fourth-order valence-corrected chi connectivity index (χ4v) is 2.93. The van der Waals surface area contributed by atoms with Gasteiger partial charge in [-0.15, -0.1) is 11.6 Å². The van der Waals surface area contributed by atoms with Crippen LogP contribution in [-0.2, 0) is 11.2 Å². The van der Waals surface area contributed by atoms with E-state index < -0.39 is 0 Å². The maximum atomic E-state index is 6.45. The highest BCUT2D eigenvalue weighted by molar-refractivity contribution is 9.10. The van der Waals surface area contributed by atoms with Crippen molar-refractivity contribution in [2.24, 2.45) is 5.92 Å². The van der Waals surface area contributed by atoms with E-state index in [1.165, 1.54) is 12.0 Å². The van der Waals surface area contributed by atoms with E-state index in [1.54, 1.807) is 0 Å². The summed E-state index contributed by atoms with van der Waals surface area (Å²) < 4.78 is 6.59. The Morgan fingerprint density at radius 3 is 3.06 bits per heavy atom. The molecular formula is C13H16BrClO. The third-order valence-corrected chi connectivity index (χ3v) is 4.03. The number of hydrogen-bond acceptors (Lipinski definition) is 1. The first-order valence-electron chi connectivity index (χ1n) is 5.72. The van der Waals surface area contributed by atoms with Crippen molar-refractivity contribution in [1.29, 1.82) is 0 Å². The zero-order valence-corrected chi connectivity index (χ0v) is 11.5. The van der Waals surface area contributed by atoms with E-state index in [0.717, 1.165) is 30.5 Å². The predicted molar refractivity (Wildman–Crippen MR) is 71.0 cm³/mol. The molecule has 2 rings (SSSR count). The molecule has 2 atom stereocenters. The van der Waals surface area contributed by atoms with Crippen molar-refractivity contribution >= 4 is 27.5 Å². The molecule has 0 saturated carbocycles. The summed E-state index contributed by atoms with van der Waals surface area (Å²) in [6.45, 7) is 1.72. The zero-order chi connectivity index (χ0) is 11.4. The molecule has 2 unspecified atom stereocenters. The second-order valence-corrected chi connectivity index (χ2v) is 5.80. The molecule has 1 aliphatic rings. The smallest absolute Gasteiger partial charge is 0.0508 e. The highest BCUT2D eigenvalue weighted by Crippen LogP contribution is 2.25. The minimum absolute atomic E-state index is 0.189. The molecule has 0 aliphatic carbocycles. The zero-order valence-electron chi connectivity index (χ0n) is 9.16. The summed E-state index contributed by atoms with van der Waals surface area (Å²) in [5, 5.41) is 0.189. The summed E-state index contributed by atoms with van der Waals surface area (Å²) in [4.78, 5) is 0. The first-order valence-corrected chi connectivity index (χ1v) is 6.95. The lowest BCUT2D eigenvalue weighted by atomic mass is 9.94. The van der Waals surface area contributed by atoms with Crippen molar-refractivity contribution in [3.05, 3.63) is 34.3 Å². The lowest BCUT2D eigenvalue weighted by molar-refractivity contribution is 0.0533. The standard InChI is InChI=1S/C13H16BrClO/c14-12-5-1-3-10(7-12)8-13(15)11-4-2-6-16-9-11/h1,3,5,7,11,13H,2,4,6,8-9H2. The first kappa shape index (κ1) is 12.4. The summed E-state index contributed by atoms with van der Waals surface area (Å²) in [7, 11) is 0. The molecule has 0 amide bonds. The summed E-state index contributed by atoms with van der Waals surface area (Å²) in [5.74, 6) is 0.509. The van der Waals surface area contributed by atoms with Crippen LogP contribution in [0.15, 0.2) is 28.7 Å². The number of ether oxygens (including phenoxy) is 1. The molecular weight excluding hydrogens is 287 g/mol. The van der Waals surface area contributed by atoms with Crippen molar-refractivity contribution in [3.63, 3.8) is 0 Å². The molecule has 0 N–H and O–H groups in total. The molecule has 1 nitrogen and oxygen atoms in total. The molecule has 1 fully saturated rings. The Morgan fingerprint density at radius 1 is 1.50 bits per heavy atom. The Kier molecular flexibility index (Phi) is 4.68. The molecule has 3 heteroatoms. The lowest BCUT2D eigenvalue weighted by Crippen LogP contribution is -2.27. The minimum Gasteiger partial charge on any atom is -0.381 e. The van der Waals surface area contributed by atoms with Crippen LogP contribution >= 0.6 is 27.5 Å². The fourth-order valence-electron chi connectivity index (χ4n) is 2.11. The largest absolute Gasteiger partial charge is 0.381 e. The maximum absolute atomic E-state index is 6.45. The summed E-state index contributed by atoms with van der Waals surface area (Å²) in [5.41, 5.74) is 1.29. The van der Waals surface area contributed by atoms with Gasteiger partial charge in [0.2, 0.25) is 0 Å². The van der Waals surface area contributed by atoms with Crippen LogP contribution in [-0.4, -0.2) is 18.6 Å². The molecule has 0 bridgehead atoms. The van der Waals surface area contributed by atoms with Gasteiger partial charge in [-0.1, -0.05) is 28.1 Å². The molecule has 0 radical (unpaired) electrons. The van der Waals surface area contributed by atoms with E-state index in [2.05, 4.69) is 34.1 Å². The summed E-state index contributed by atoms with van der Waals surface area (Å²) in [6.07, 6.45) is 3.27. The van der Waals surface area contributed by atoms with Gasteiger partial charge in [0.15, 0.2) is 0 Å². The molecule has 1 aromatic carbocycles. The Bertz CT molecular complexity index is 336. The van der Waals surface area contributed by atoms with Crippen LogP contribution in [0.2, 0.25) is 0 Å². The highest BCUT2D eigenvalue weighted by atomic mass is 79.9. The van der Waals surface area contributed by atoms with Crippen LogP contribution in [0.3, 0.4) is 0 Å². The fraction of sp³-hybridized carbons (Fsp3) is 0.538. The predicted octanol–water partition coefficient (Wildman–Crippen LogP) is 4.03. The molecule has 88 valence electrons. The quantitative estimate of drug-likeness (QED) is 0.766. The van der Waals surface area contributed by atoms with Gasteiger partial charge in [-0.2, -0.15) is 0 Å². The van der Waals surface area contributed by atoms with Gasteiger partial charge in [-0.05, 0) is 42.9 Å². The van der Waals surface area contributed by atoms with Crippen molar-refractivity contribution in [2.45, 2.75) is 24.6 Å². The molecule has 1 aliphatic heterocycles. The summed E-state index contributed by atoms with van der Waals surface area (Å²) in [6, 6.07) is 8.36. The van der Waals surface area contributed by atoms with Crippen molar-refractivity contribution in [2.75, 3.05) is 13.2 Å². The Morgan fingerprint density at radius 2 is 2.38 bits per heavy atom. The average Bonchev–Trinajstić information content (AvgIpc) is 2.30. The van der Waals surface area contributed by atoms with Gasteiger partial charge in [-0.25, -0.2) is 0 Å². The highest BCUT2D eigenvalue weighted by Gasteiger charge is 2.22. The second kappa shape index (κ2) is 6.04. The van der Waals surface area contributed by atoms with E-state index in [4.69, 9.17) is 16.3 Å². The van der Waals surface area contributed by atoms with E-state index in [-0.39, 0.29) is 5.38 Å². The van der Waals surface area contributed by atoms with Crippen LogP contribution in [0.4, 0.5) is 0 Å². The van der Waals surface area contributed by atoms with E-state index in [1.807, 2.05) is 6.07 Å². The number of benzene rings is 1. The van der Waals surface area contributed by atoms with Crippen molar-refractivity contribution < 1.29 is 4.74 Å². The van der Waals surface area contributed by atoms with Gasteiger partial charge in [0.25, 0.3) is 0 Å². The van der Waals surface area contributed by atoms with Crippen LogP contribution in [0, 0.1) is 5.92 Å². The van der Waals surface area contributed by atoms with Crippen LogP contribution in [0.5, 0.6) is 0 Å². The van der Waals surface area contributed by atoms with E-state index in [0.29, 0.717) is 5.92 Å². The molecule has 1 heterocycles. The Balaban J connectivity index is 1.93. The van der Waals surface area contributed by atoms with Crippen LogP contribution < -0.4 is 0 Å². The van der Waals surface area contributed by atoms with Gasteiger partial charge < -0.3 is 4.74 Å². The lowest BCUT2D eigenvalue weighted by Gasteiger charge is -2.26. The molecule has 1 aromatic rings. The first-order chi connectivity index (χ1) is 7.75. The molecule has 1 saturated heterocycles. The van der Waals surface area contributed by atoms with Gasteiger partial charge in [0.05, 0.1) is 6.61 Å². The Labute approximate surface area is 110 Å². The van der Waals surface area contributed by atoms with Crippen LogP contribution in [0.25, 0.3) is 0 Å². The van der Waals surface area contributed by atoms with Gasteiger partial charge in [0.1, 0.15) is 0 Å². The average molecular weight is 304 g/mol. The normalized spacial score (nSPS) is 23.0. The van der Waals surface area contributed by atoms with Crippen molar-refractivity contribution in [3.8, 4) is 0 Å². The van der Waals surface area contributed by atoms with E-state index >= 15 is 0 Å². The van der Waals surface area contributed by atoms with Crippen LogP contribution in [0.1, 0.15) is 18.4 Å². The van der Waals surface area contributed by atoms with Gasteiger partial charge in [0, 0.05) is 16.5 Å². The number of alkyl halides is 1. The topological polar surface area (TPSA) is 9.23 Å². The summed E-state index contributed by atoms with van der Waals surface area (Å²) >= 11 is 9.93. The van der Waals surface area contributed by atoms with Crippen molar-refractivity contribution in [1.82, 2.24) is 0 Å². The van der Waals surface area contributed by atoms with Gasteiger partial charge in [-0.3, -0.25) is 0 Å². The second-order valence-electron chi connectivity index (χ2n) is 4.33. The molecule has 0 aromatic heterocycles. The number of hydrogen-bond donors (Lipinski definition) is 0. The SMILES string of the molecule is ClC(Cc1cccc(Br)c1)C1CCCOC1. The van der Waals surface area contributed by atoms with E-state index in [9.17, 15) is 0 Å². The molecule has 0 spiro atoms. The maximum Gasteiger partial charge on any atom is 0.0508 e. The molecule has 16 heavy (non-hydrogen) atoms. The monoisotopic (exact) mass is 302 g/mol. The number of halogens is 2. The number of rotatable bonds is 3. The third kappa shape index (κ3) is 3.47.